The molecule has 4 rings (SSSR count). The fourth-order valence-corrected chi connectivity index (χ4v) is 4.14. The van der Waals surface area contributed by atoms with Gasteiger partial charge in [-0.05, 0) is 54.1 Å². The molecule has 1 heterocycles. The molecule has 0 aliphatic carbocycles. The summed E-state index contributed by atoms with van der Waals surface area (Å²) >= 11 is 0. The third-order valence-corrected chi connectivity index (χ3v) is 6.05. The van der Waals surface area contributed by atoms with Gasteiger partial charge in [0.05, 0.1) is 16.3 Å². The molecule has 9 heteroatoms. The van der Waals surface area contributed by atoms with Gasteiger partial charge in [-0.25, -0.2) is 17.5 Å². The third kappa shape index (κ3) is 4.84. The van der Waals surface area contributed by atoms with Crippen molar-refractivity contribution in [3.05, 3.63) is 108 Å². The fraction of sp³-hybridized carbons (Fsp3) is 0.0435. The molecule has 0 fully saturated rings. The minimum atomic E-state index is -4.06. The number of benzene rings is 3. The summed E-state index contributed by atoms with van der Waals surface area (Å²) < 4.78 is 43.0. The average Bonchev–Trinajstić information content (AvgIpc) is 3.34. The second-order valence-corrected chi connectivity index (χ2v) is 8.60. The topological polar surface area (TPSA) is 93.1 Å². The largest absolute Gasteiger partial charge is 0.348 e. The maximum Gasteiger partial charge on any atom is 0.262 e. The van der Waals surface area contributed by atoms with Crippen molar-refractivity contribution in [2.45, 2.75) is 11.4 Å². The summed E-state index contributed by atoms with van der Waals surface area (Å²) in [6.07, 6.45) is 3.52. The Labute approximate surface area is 184 Å². The number of halogens is 1. The van der Waals surface area contributed by atoms with Crippen LogP contribution in [0.3, 0.4) is 0 Å². The lowest BCUT2D eigenvalue weighted by Gasteiger charge is -2.11. The van der Waals surface area contributed by atoms with Crippen LogP contribution in [0, 0.1) is 5.82 Å². The van der Waals surface area contributed by atoms with E-state index in [2.05, 4.69) is 15.1 Å². The first kappa shape index (κ1) is 21.3. The molecule has 7 nitrogen and oxygen atoms in total. The van der Waals surface area contributed by atoms with Crippen molar-refractivity contribution >= 4 is 21.6 Å². The minimum absolute atomic E-state index is 0.142. The van der Waals surface area contributed by atoms with E-state index in [-0.39, 0.29) is 22.7 Å². The lowest BCUT2D eigenvalue weighted by molar-refractivity contribution is 0.0950. The van der Waals surface area contributed by atoms with Gasteiger partial charge in [-0.15, -0.1) is 0 Å². The lowest BCUT2D eigenvalue weighted by Crippen LogP contribution is -2.23. The van der Waals surface area contributed by atoms with Crippen LogP contribution in [0.25, 0.3) is 5.69 Å². The Morgan fingerprint density at radius 3 is 2.47 bits per heavy atom. The van der Waals surface area contributed by atoms with Gasteiger partial charge in [0.1, 0.15) is 5.82 Å². The zero-order chi connectivity index (χ0) is 22.6. The molecule has 0 spiro atoms. The highest BCUT2D eigenvalue weighted by Crippen LogP contribution is 2.19. The van der Waals surface area contributed by atoms with Gasteiger partial charge in [-0.1, -0.05) is 30.3 Å². The number of para-hydroxylation sites is 1. The number of nitrogens with zero attached hydrogens (tertiary/aromatic N) is 2. The number of nitrogens with one attached hydrogen (secondary N) is 2. The molecule has 0 aliphatic heterocycles. The van der Waals surface area contributed by atoms with Crippen molar-refractivity contribution in [1.29, 1.82) is 0 Å². The standard InChI is InChI=1S/C23H19FN4O3S/c24-21-7-1-2-8-22(21)27-32(30,31)20-6-3-5-18(15-20)23(29)25-16-17-9-11-19(12-10-17)28-14-4-13-26-28/h1-15,27H,16H2,(H,25,29). The molecule has 0 saturated carbocycles. The number of anilines is 1. The van der Waals surface area contributed by atoms with Crippen LogP contribution in [-0.2, 0) is 16.6 Å². The first-order chi connectivity index (χ1) is 15.4. The van der Waals surface area contributed by atoms with Crippen LogP contribution in [0.1, 0.15) is 15.9 Å². The van der Waals surface area contributed by atoms with Crippen LogP contribution >= 0.6 is 0 Å². The summed E-state index contributed by atoms with van der Waals surface area (Å²) in [5.41, 5.74) is 1.78. The van der Waals surface area contributed by atoms with E-state index >= 15 is 0 Å². The van der Waals surface area contributed by atoms with E-state index in [9.17, 15) is 17.6 Å². The first-order valence-electron chi connectivity index (χ1n) is 9.67. The predicted molar refractivity (Wildman–Crippen MR) is 118 cm³/mol. The number of amides is 1. The zero-order valence-corrected chi connectivity index (χ0v) is 17.6. The summed E-state index contributed by atoms with van der Waals surface area (Å²) in [6, 6.07) is 20.4. The van der Waals surface area contributed by atoms with Gasteiger partial charge in [0.25, 0.3) is 15.9 Å². The molecule has 0 unspecified atom stereocenters. The van der Waals surface area contributed by atoms with Gasteiger partial charge >= 0.3 is 0 Å². The van der Waals surface area contributed by atoms with Crippen molar-refractivity contribution < 1.29 is 17.6 Å². The molecule has 0 atom stereocenters. The van der Waals surface area contributed by atoms with Crippen molar-refractivity contribution in [2.24, 2.45) is 0 Å². The van der Waals surface area contributed by atoms with Gasteiger partial charge in [-0.3, -0.25) is 9.52 Å². The van der Waals surface area contributed by atoms with Gasteiger partial charge in [0, 0.05) is 24.5 Å². The number of aromatic nitrogens is 2. The Bertz CT molecular complexity index is 1340. The molecule has 2 N–H and O–H groups in total. The number of hydrogen-bond acceptors (Lipinski definition) is 4. The number of carbonyl (C=O) groups is 1. The Morgan fingerprint density at radius 2 is 1.75 bits per heavy atom. The number of sulfonamides is 1. The second-order valence-electron chi connectivity index (χ2n) is 6.91. The third-order valence-electron chi connectivity index (χ3n) is 4.68. The molecule has 1 aromatic heterocycles. The van der Waals surface area contributed by atoms with Crippen LogP contribution < -0.4 is 10.0 Å². The van der Waals surface area contributed by atoms with Crippen molar-refractivity contribution in [3.8, 4) is 5.69 Å². The number of hydrogen-bond donors (Lipinski definition) is 2. The quantitative estimate of drug-likeness (QED) is 0.449. The average molecular weight is 450 g/mol. The number of carbonyl (C=O) groups excluding carboxylic acids is 1. The Kier molecular flexibility index (Phi) is 6.00. The van der Waals surface area contributed by atoms with E-state index in [1.165, 1.54) is 42.5 Å². The highest BCUT2D eigenvalue weighted by Gasteiger charge is 2.18. The minimum Gasteiger partial charge on any atom is -0.348 e. The molecular weight excluding hydrogens is 431 g/mol. The summed E-state index contributed by atoms with van der Waals surface area (Å²) in [4.78, 5) is 12.4. The lowest BCUT2D eigenvalue weighted by atomic mass is 10.2. The molecule has 0 radical (unpaired) electrons. The van der Waals surface area contributed by atoms with E-state index in [4.69, 9.17) is 0 Å². The summed E-state index contributed by atoms with van der Waals surface area (Å²) in [6.45, 7) is 0.267. The van der Waals surface area contributed by atoms with Gasteiger partial charge in [0.2, 0.25) is 0 Å². The highest BCUT2D eigenvalue weighted by atomic mass is 32.2. The molecule has 0 bridgehead atoms. The highest BCUT2D eigenvalue weighted by molar-refractivity contribution is 7.92. The van der Waals surface area contributed by atoms with Crippen LogP contribution in [-0.4, -0.2) is 24.1 Å². The predicted octanol–water partition coefficient (Wildman–Crippen LogP) is 3.74. The van der Waals surface area contributed by atoms with Gasteiger partial charge in [0.15, 0.2) is 0 Å². The van der Waals surface area contributed by atoms with E-state index in [0.29, 0.717) is 0 Å². The SMILES string of the molecule is O=C(NCc1ccc(-n2cccn2)cc1)c1cccc(S(=O)(=O)Nc2ccccc2F)c1. The molecule has 0 saturated heterocycles. The van der Waals surface area contributed by atoms with Crippen molar-refractivity contribution in [2.75, 3.05) is 4.72 Å². The zero-order valence-electron chi connectivity index (χ0n) is 16.8. The maximum absolute atomic E-state index is 13.8. The molecule has 3 aromatic carbocycles. The van der Waals surface area contributed by atoms with Crippen LogP contribution in [0.4, 0.5) is 10.1 Å². The van der Waals surface area contributed by atoms with Crippen molar-refractivity contribution in [1.82, 2.24) is 15.1 Å². The smallest absolute Gasteiger partial charge is 0.262 e. The first-order valence-corrected chi connectivity index (χ1v) is 11.2. The summed E-state index contributed by atoms with van der Waals surface area (Å²) in [5, 5.41) is 6.93. The van der Waals surface area contributed by atoms with E-state index in [0.717, 1.165) is 17.3 Å². The molecular formula is C23H19FN4O3S. The molecule has 1 amide bonds. The Morgan fingerprint density at radius 1 is 0.969 bits per heavy atom. The maximum atomic E-state index is 13.8. The molecule has 4 aromatic rings. The Balaban J connectivity index is 1.43. The van der Waals surface area contributed by atoms with Crippen LogP contribution in [0.15, 0.2) is 96.2 Å². The monoisotopic (exact) mass is 450 g/mol. The molecule has 32 heavy (non-hydrogen) atoms. The fourth-order valence-electron chi connectivity index (χ4n) is 3.02. The van der Waals surface area contributed by atoms with Gasteiger partial charge in [-0.2, -0.15) is 5.10 Å². The van der Waals surface area contributed by atoms with E-state index < -0.39 is 21.7 Å². The van der Waals surface area contributed by atoms with Crippen molar-refractivity contribution in [3.63, 3.8) is 0 Å². The van der Waals surface area contributed by atoms with Crippen LogP contribution in [0.2, 0.25) is 0 Å². The normalized spacial score (nSPS) is 11.2. The van der Waals surface area contributed by atoms with Crippen LogP contribution in [0.5, 0.6) is 0 Å². The molecule has 0 aliphatic rings. The Hall–Kier alpha value is -3.98. The summed E-state index contributed by atoms with van der Waals surface area (Å²) in [7, 11) is -4.06. The summed E-state index contributed by atoms with van der Waals surface area (Å²) in [5.74, 6) is -1.12. The van der Waals surface area contributed by atoms with E-state index in [1.807, 2.05) is 36.5 Å². The molecule has 162 valence electrons. The van der Waals surface area contributed by atoms with E-state index in [1.54, 1.807) is 10.9 Å². The second kappa shape index (κ2) is 9.03. The van der Waals surface area contributed by atoms with Gasteiger partial charge < -0.3 is 5.32 Å². The number of rotatable bonds is 7.